The number of ether oxygens (including phenoxy) is 2. The Morgan fingerprint density at radius 2 is 1.97 bits per heavy atom. The van der Waals surface area contributed by atoms with Crippen LogP contribution < -0.4 is 9.47 Å². The van der Waals surface area contributed by atoms with E-state index < -0.39 is 0 Å². The summed E-state index contributed by atoms with van der Waals surface area (Å²) in [7, 11) is 3.15. The zero-order valence-electron chi connectivity index (χ0n) is 16.1. The third-order valence-electron chi connectivity index (χ3n) is 4.99. The van der Waals surface area contributed by atoms with Crippen LogP contribution in [0.25, 0.3) is 11.4 Å². The lowest BCUT2D eigenvalue weighted by Gasteiger charge is -2.22. The minimum atomic E-state index is -0.278. The maximum atomic E-state index is 13.0. The smallest absolute Gasteiger partial charge is 0.256 e. The van der Waals surface area contributed by atoms with Crippen LogP contribution in [-0.2, 0) is 0 Å². The van der Waals surface area contributed by atoms with Gasteiger partial charge in [-0.25, -0.2) is 0 Å². The number of amides is 1. The Balaban J connectivity index is 1.60. The van der Waals surface area contributed by atoms with Crippen LogP contribution in [0.1, 0.15) is 35.1 Å². The summed E-state index contributed by atoms with van der Waals surface area (Å²) in [6.07, 6.45) is 1.61. The van der Waals surface area contributed by atoms with Gasteiger partial charge in [0.2, 0.25) is 11.7 Å². The lowest BCUT2D eigenvalue weighted by molar-refractivity contribution is 0.0710. The molecule has 0 saturated carbocycles. The molecule has 29 heavy (non-hydrogen) atoms. The molecule has 1 saturated heterocycles. The Hall–Kier alpha value is -3.06. The van der Waals surface area contributed by atoms with Gasteiger partial charge in [-0.1, -0.05) is 28.9 Å². The van der Waals surface area contributed by atoms with Crippen molar-refractivity contribution in [2.75, 3.05) is 20.8 Å². The molecule has 4 rings (SSSR count). The molecular weight excluding hydrogens is 394 g/mol. The molecule has 2 aromatic carbocycles. The monoisotopic (exact) mass is 413 g/mol. The summed E-state index contributed by atoms with van der Waals surface area (Å²) in [5, 5.41) is 4.53. The summed E-state index contributed by atoms with van der Waals surface area (Å²) in [6, 6.07) is 12.2. The summed E-state index contributed by atoms with van der Waals surface area (Å²) in [6.45, 7) is 0.614. The largest absolute Gasteiger partial charge is 0.493 e. The number of carbonyl (C=O) groups is 1. The first kappa shape index (κ1) is 19.3. The second-order valence-corrected chi connectivity index (χ2v) is 7.07. The molecule has 1 amide bonds. The fourth-order valence-corrected chi connectivity index (χ4v) is 3.74. The topological polar surface area (TPSA) is 77.7 Å². The SMILES string of the molecule is COc1ccc(-c2noc([C@@H]3CCCN3C(=O)c3ccccc3Cl)n2)cc1OC. The van der Waals surface area contributed by atoms with Crippen molar-refractivity contribution in [2.45, 2.75) is 18.9 Å². The molecule has 1 aliphatic heterocycles. The van der Waals surface area contributed by atoms with Crippen molar-refractivity contribution in [2.24, 2.45) is 0 Å². The van der Waals surface area contributed by atoms with Crippen molar-refractivity contribution >= 4 is 17.5 Å². The molecule has 1 aliphatic rings. The van der Waals surface area contributed by atoms with Gasteiger partial charge in [0, 0.05) is 12.1 Å². The van der Waals surface area contributed by atoms with Crippen molar-refractivity contribution in [1.82, 2.24) is 15.0 Å². The van der Waals surface area contributed by atoms with Crippen LogP contribution in [-0.4, -0.2) is 41.7 Å². The van der Waals surface area contributed by atoms with Gasteiger partial charge in [0.15, 0.2) is 11.5 Å². The molecule has 0 aliphatic carbocycles. The molecule has 0 spiro atoms. The van der Waals surface area contributed by atoms with Gasteiger partial charge >= 0.3 is 0 Å². The number of likely N-dealkylation sites (tertiary alicyclic amines) is 1. The number of halogens is 1. The Kier molecular flexibility index (Phi) is 5.40. The molecule has 7 nitrogen and oxygen atoms in total. The van der Waals surface area contributed by atoms with Gasteiger partial charge < -0.3 is 18.9 Å². The van der Waals surface area contributed by atoms with E-state index in [1.54, 1.807) is 55.5 Å². The van der Waals surface area contributed by atoms with Crippen LogP contribution in [0, 0.1) is 0 Å². The van der Waals surface area contributed by atoms with E-state index in [2.05, 4.69) is 10.1 Å². The van der Waals surface area contributed by atoms with Crippen LogP contribution in [0.4, 0.5) is 0 Å². The van der Waals surface area contributed by atoms with Crippen molar-refractivity contribution in [1.29, 1.82) is 0 Å². The Labute approximate surface area is 173 Å². The van der Waals surface area contributed by atoms with Crippen molar-refractivity contribution in [3.8, 4) is 22.9 Å². The number of carbonyl (C=O) groups excluding carboxylic acids is 1. The van der Waals surface area contributed by atoms with E-state index >= 15 is 0 Å². The molecule has 0 N–H and O–H groups in total. The van der Waals surface area contributed by atoms with E-state index in [0.29, 0.717) is 40.3 Å². The van der Waals surface area contributed by atoms with E-state index in [4.69, 9.17) is 25.6 Å². The number of aromatic nitrogens is 2. The first-order valence-electron chi connectivity index (χ1n) is 9.24. The average molecular weight is 414 g/mol. The molecular formula is C21H20ClN3O4. The highest BCUT2D eigenvalue weighted by Crippen LogP contribution is 2.35. The lowest BCUT2D eigenvalue weighted by Crippen LogP contribution is -2.30. The first-order valence-corrected chi connectivity index (χ1v) is 9.61. The van der Waals surface area contributed by atoms with Gasteiger partial charge in [-0.3, -0.25) is 4.79 Å². The fraction of sp³-hybridized carbons (Fsp3) is 0.286. The lowest BCUT2D eigenvalue weighted by atomic mass is 10.1. The minimum absolute atomic E-state index is 0.135. The fourth-order valence-electron chi connectivity index (χ4n) is 3.52. The molecule has 2 heterocycles. The van der Waals surface area contributed by atoms with Crippen molar-refractivity contribution < 1.29 is 18.8 Å². The molecule has 0 bridgehead atoms. The van der Waals surface area contributed by atoms with E-state index in [1.807, 2.05) is 6.07 Å². The van der Waals surface area contributed by atoms with Gasteiger partial charge in [0.1, 0.15) is 6.04 Å². The van der Waals surface area contributed by atoms with Crippen LogP contribution in [0.15, 0.2) is 47.0 Å². The minimum Gasteiger partial charge on any atom is -0.493 e. The van der Waals surface area contributed by atoms with Crippen LogP contribution in [0.5, 0.6) is 11.5 Å². The standard InChI is InChI=1S/C21H20ClN3O4/c1-27-17-10-9-13(12-18(17)28-2)19-23-20(29-24-19)16-8-5-11-25(16)21(26)14-6-3-4-7-15(14)22/h3-4,6-7,9-10,12,16H,5,8,11H2,1-2H3/t16-/m0/s1. The normalized spacial score (nSPS) is 16.1. The third kappa shape index (κ3) is 3.65. The van der Waals surface area contributed by atoms with Crippen molar-refractivity contribution in [3.05, 3.63) is 58.9 Å². The van der Waals surface area contributed by atoms with Crippen LogP contribution >= 0.6 is 11.6 Å². The third-order valence-corrected chi connectivity index (χ3v) is 5.32. The second-order valence-electron chi connectivity index (χ2n) is 6.66. The van der Waals surface area contributed by atoms with Gasteiger partial charge in [0.05, 0.1) is 24.8 Å². The average Bonchev–Trinajstić information content (AvgIpc) is 3.42. The summed E-state index contributed by atoms with van der Waals surface area (Å²) in [4.78, 5) is 19.3. The van der Waals surface area contributed by atoms with Crippen molar-refractivity contribution in [3.63, 3.8) is 0 Å². The van der Waals surface area contributed by atoms with Crippen LogP contribution in [0.2, 0.25) is 5.02 Å². The number of hydrogen-bond donors (Lipinski definition) is 0. The quantitative estimate of drug-likeness (QED) is 0.617. The summed E-state index contributed by atoms with van der Waals surface area (Å²) in [5.74, 6) is 1.90. The maximum Gasteiger partial charge on any atom is 0.256 e. The molecule has 1 aromatic heterocycles. The predicted octanol–water partition coefficient (Wildman–Crippen LogP) is 4.38. The molecule has 3 aromatic rings. The van der Waals surface area contributed by atoms with E-state index in [0.717, 1.165) is 18.4 Å². The Bertz CT molecular complexity index is 1040. The molecule has 150 valence electrons. The highest BCUT2D eigenvalue weighted by molar-refractivity contribution is 6.33. The first-order chi connectivity index (χ1) is 14.1. The highest BCUT2D eigenvalue weighted by atomic mass is 35.5. The van der Waals surface area contributed by atoms with E-state index in [9.17, 15) is 4.79 Å². The number of methoxy groups -OCH3 is 2. The van der Waals surface area contributed by atoms with Gasteiger partial charge in [0.25, 0.3) is 5.91 Å². The van der Waals surface area contributed by atoms with Gasteiger partial charge in [-0.05, 0) is 43.2 Å². The maximum absolute atomic E-state index is 13.0. The van der Waals surface area contributed by atoms with Crippen LogP contribution in [0.3, 0.4) is 0 Å². The Morgan fingerprint density at radius 1 is 1.17 bits per heavy atom. The molecule has 1 atom stereocenters. The van der Waals surface area contributed by atoms with Gasteiger partial charge in [-0.15, -0.1) is 0 Å². The number of nitrogens with zero attached hydrogens (tertiary/aromatic N) is 3. The molecule has 8 heteroatoms. The number of hydrogen-bond acceptors (Lipinski definition) is 6. The van der Waals surface area contributed by atoms with Gasteiger partial charge in [-0.2, -0.15) is 4.98 Å². The highest BCUT2D eigenvalue weighted by Gasteiger charge is 2.35. The van der Waals surface area contributed by atoms with E-state index in [1.165, 1.54) is 0 Å². The van der Waals surface area contributed by atoms with E-state index in [-0.39, 0.29) is 11.9 Å². The predicted molar refractivity (Wildman–Crippen MR) is 107 cm³/mol. The number of benzene rings is 2. The second kappa shape index (κ2) is 8.13. The zero-order chi connectivity index (χ0) is 20.4. The number of rotatable bonds is 5. The zero-order valence-corrected chi connectivity index (χ0v) is 16.8. The molecule has 0 radical (unpaired) electrons. The summed E-state index contributed by atoms with van der Waals surface area (Å²) >= 11 is 6.21. The molecule has 1 fully saturated rings. The summed E-state index contributed by atoms with van der Waals surface area (Å²) in [5.41, 5.74) is 1.21. The molecule has 0 unspecified atom stereocenters. The summed E-state index contributed by atoms with van der Waals surface area (Å²) < 4.78 is 16.1. The Morgan fingerprint density at radius 3 is 2.72 bits per heavy atom.